The van der Waals surface area contributed by atoms with Crippen LogP contribution in [0.15, 0.2) is 67.1 Å². The molecule has 0 unspecified atom stereocenters. The molecule has 8 heteroatoms. The Kier molecular flexibility index (Phi) is 4.72. The smallest absolute Gasteiger partial charge is 0.230 e. The van der Waals surface area contributed by atoms with Gasteiger partial charge in [0.05, 0.1) is 23.3 Å². The normalized spacial score (nSPS) is 11.0. The van der Waals surface area contributed by atoms with Crippen LogP contribution in [-0.2, 0) is 11.2 Å². The number of aryl methyl sites for hydroxylation is 1. The highest BCUT2D eigenvalue weighted by atomic mass is 16.1. The Bertz CT molecular complexity index is 1350. The number of fused-ring (bicyclic) bond motifs is 1. The summed E-state index contributed by atoms with van der Waals surface area (Å²) in [6.45, 7) is 1.94. The molecule has 0 fully saturated rings. The van der Waals surface area contributed by atoms with Crippen molar-refractivity contribution in [3.63, 3.8) is 0 Å². The molecule has 0 aliphatic rings. The van der Waals surface area contributed by atoms with Crippen LogP contribution in [0.5, 0.6) is 0 Å². The molecular weight excluding hydrogens is 390 g/mol. The van der Waals surface area contributed by atoms with Crippen LogP contribution in [-0.4, -0.2) is 36.0 Å². The molecule has 0 bridgehead atoms. The molecule has 0 aliphatic carbocycles. The van der Waals surface area contributed by atoms with Gasteiger partial charge in [0.15, 0.2) is 0 Å². The zero-order chi connectivity index (χ0) is 21.2. The summed E-state index contributed by atoms with van der Waals surface area (Å²) in [5.41, 5.74) is 6.74. The first-order chi connectivity index (χ1) is 15.2. The lowest BCUT2D eigenvalue weighted by Crippen LogP contribution is -2.14. The maximum absolute atomic E-state index is 12.4. The molecule has 3 N–H and O–H groups in total. The van der Waals surface area contributed by atoms with E-state index >= 15 is 0 Å². The first kappa shape index (κ1) is 18.7. The van der Waals surface area contributed by atoms with Crippen LogP contribution in [0.2, 0.25) is 0 Å². The molecule has 0 spiro atoms. The fourth-order valence-electron chi connectivity index (χ4n) is 3.41. The molecular formula is C23H19N7O. The number of benzene rings is 1. The van der Waals surface area contributed by atoms with Gasteiger partial charge in [0.2, 0.25) is 5.91 Å². The molecule has 152 valence electrons. The molecule has 5 aromatic rings. The summed E-state index contributed by atoms with van der Waals surface area (Å²) in [5, 5.41) is 10.1. The third-order valence-corrected chi connectivity index (χ3v) is 4.97. The lowest BCUT2D eigenvalue weighted by atomic mass is 10.1. The fraction of sp³-hybridized carbons (Fsp3) is 0.0870. The van der Waals surface area contributed by atoms with Crippen LogP contribution >= 0.6 is 0 Å². The monoisotopic (exact) mass is 409 g/mol. The Labute approximate surface area is 177 Å². The highest BCUT2D eigenvalue weighted by molar-refractivity contribution is 5.92. The van der Waals surface area contributed by atoms with E-state index < -0.39 is 0 Å². The van der Waals surface area contributed by atoms with Crippen molar-refractivity contribution in [2.24, 2.45) is 0 Å². The van der Waals surface area contributed by atoms with Crippen molar-refractivity contribution in [2.75, 3.05) is 5.32 Å². The maximum Gasteiger partial charge on any atom is 0.230 e. The molecule has 4 heterocycles. The standard InChI is InChI=1S/C23H19N7O/c1-14-22-19(8-10-25-14)27-23(28-22)15-4-6-17(7-5-15)26-21(31)12-18-11-20(30-29-18)16-3-2-9-24-13-16/h2-11,13H,12H2,1H3,(H,26,31)(H,27,28)(H,29,30). The van der Waals surface area contributed by atoms with Gasteiger partial charge < -0.3 is 10.3 Å². The molecule has 0 saturated carbocycles. The second-order valence-electron chi connectivity index (χ2n) is 7.20. The minimum Gasteiger partial charge on any atom is -0.338 e. The zero-order valence-corrected chi connectivity index (χ0v) is 16.8. The van der Waals surface area contributed by atoms with Gasteiger partial charge in [-0.15, -0.1) is 0 Å². The zero-order valence-electron chi connectivity index (χ0n) is 16.8. The summed E-state index contributed by atoms with van der Waals surface area (Å²) in [4.78, 5) is 28.7. The van der Waals surface area contributed by atoms with Crippen molar-refractivity contribution in [2.45, 2.75) is 13.3 Å². The molecule has 1 amide bonds. The number of imidazole rings is 1. The largest absolute Gasteiger partial charge is 0.338 e. The molecule has 0 radical (unpaired) electrons. The minimum absolute atomic E-state index is 0.125. The summed E-state index contributed by atoms with van der Waals surface area (Å²) in [6.07, 6.45) is 5.41. The highest BCUT2D eigenvalue weighted by Crippen LogP contribution is 2.23. The number of nitrogens with zero attached hydrogens (tertiary/aromatic N) is 4. The topological polar surface area (TPSA) is 112 Å². The maximum atomic E-state index is 12.4. The Morgan fingerprint density at radius 1 is 1.06 bits per heavy atom. The lowest BCUT2D eigenvalue weighted by Gasteiger charge is -2.05. The van der Waals surface area contributed by atoms with Gasteiger partial charge in [-0.3, -0.25) is 19.9 Å². The Balaban J connectivity index is 1.26. The van der Waals surface area contributed by atoms with Crippen LogP contribution < -0.4 is 5.32 Å². The van der Waals surface area contributed by atoms with E-state index in [2.05, 4.69) is 35.5 Å². The Hall–Kier alpha value is -4.33. The predicted octanol–water partition coefficient (Wildman–Crippen LogP) is 3.90. The van der Waals surface area contributed by atoms with Gasteiger partial charge in [-0.2, -0.15) is 5.10 Å². The molecule has 4 aromatic heterocycles. The number of pyridine rings is 2. The van der Waals surface area contributed by atoms with Gasteiger partial charge in [-0.05, 0) is 55.5 Å². The van der Waals surface area contributed by atoms with E-state index in [1.54, 1.807) is 18.6 Å². The van der Waals surface area contributed by atoms with Crippen molar-refractivity contribution in [3.05, 3.63) is 78.5 Å². The van der Waals surface area contributed by atoms with E-state index in [1.807, 2.05) is 55.5 Å². The molecule has 5 rings (SSSR count). The minimum atomic E-state index is -0.125. The summed E-state index contributed by atoms with van der Waals surface area (Å²) < 4.78 is 0. The second kappa shape index (κ2) is 7.83. The number of amides is 1. The number of anilines is 1. The van der Waals surface area contributed by atoms with E-state index in [1.165, 1.54) is 0 Å². The second-order valence-corrected chi connectivity index (χ2v) is 7.20. The van der Waals surface area contributed by atoms with Gasteiger partial charge in [0.25, 0.3) is 0 Å². The first-order valence-electron chi connectivity index (χ1n) is 9.82. The number of nitrogens with one attached hydrogen (secondary N) is 3. The van der Waals surface area contributed by atoms with Crippen molar-refractivity contribution in [1.29, 1.82) is 0 Å². The Morgan fingerprint density at radius 3 is 2.71 bits per heavy atom. The van der Waals surface area contributed by atoms with Crippen LogP contribution in [0.3, 0.4) is 0 Å². The summed E-state index contributed by atoms with van der Waals surface area (Å²) in [6, 6.07) is 15.1. The molecule has 0 atom stereocenters. The SMILES string of the molecule is Cc1nccc2[nH]c(-c3ccc(NC(=O)Cc4cc(-c5cccnc5)n[nH]4)cc3)nc12. The summed E-state index contributed by atoms with van der Waals surface area (Å²) in [7, 11) is 0. The summed E-state index contributed by atoms with van der Waals surface area (Å²) >= 11 is 0. The van der Waals surface area contributed by atoms with Crippen molar-refractivity contribution < 1.29 is 4.79 Å². The molecule has 31 heavy (non-hydrogen) atoms. The average Bonchev–Trinajstić information content (AvgIpc) is 3.43. The van der Waals surface area contributed by atoms with Gasteiger partial charge in [-0.1, -0.05) is 0 Å². The molecule has 0 saturated heterocycles. The fourth-order valence-corrected chi connectivity index (χ4v) is 3.41. The van der Waals surface area contributed by atoms with E-state index in [0.29, 0.717) is 0 Å². The number of hydrogen-bond acceptors (Lipinski definition) is 5. The van der Waals surface area contributed by atoms with Crippen molar-refractivity contribution in [3.8, 4) is 22.6 Å². The highest BCUT2D eigenvalue weighted by Gasteiger charge is 2.10. The van der Waals surface area contributed by atoms with Crippen LogP contribution in [0, 0.1) is 6.92 Å². The number of H-pyrrole nitrogens is 2. The third-order valence-electron chi connectivity index (χ3n) is 4.97. The molecule has 8 nitrogen and oxygen atoms in total. The number of rotatable bonds is 5. The van der Waals surface area contributed by atoms with Crippen molar-refractivity contribution >= 4 is 22.6 Å². The van der Waals surface area contributed by atoms with E-state index in [9.17, 15) is 4.79 Å². The number of carbonyl (C=O) groups excluding carboxylic acids is 1. The Morgan fingerprint density at radius 2 is 1.94 bits per heavy atom. The first-order valence-corrected chi connectivity index (χ1v) is 9.82. The number of aromatic nitrogens is 6. The van der Waals surface area contributed by atoms with E-state index in [-0.39, 0.29) is 12.3 Å². The molecule has 0 aliphatic heterocycles. The van der Waals surface area contributed by atoms with Gasteiger partial charge >= 0.3 is 0 Å². The quantitative estimate of drug-likeness (QED) is 0.408. The lowest BCUT2D eigenvalue weighted by molar-refractivity contribution is -0.115. The van der Waals surface area contributed by atoms with Crippen molar-refractivity contribution in [1.82, 2.24) is 30.1 Å². The number of aromatic amines is 2. The van der Waals surface area contributed by atoms with Crippen LogP contribution in [0.1, 0.15) is 11.4 Å². The van der Waals surface area contributed by atoms with Gasteiger partial charge in [-0.25, -0.2) is 4.98 Å². The number of carbonyl (C=O) groups is 1. The number of hydrogen-bond donors (Lipinski definition) is 3. The van der Waals surface area contributed by atoms with Crippen LogP contribution in [0.25, 0.3) is 33.7 Å². The summed E-state index contributed by atoms with van der Waals surface area (Å²) in [5.74, 6) is 0.643. The van der Waals surface area contributed by atoms with Crippen LogP contribution in [0.4, 0.5) is 5.69 Å². The average molecular weight is 409 g/mol. The van der Waals surface area contributed by atoms with Gasteiger partial charge in [0, 0.05) is 41.1 Å². The molecule has 1 aromatic carbocycles. The van der Waals surface area contributed by atoms with E-state index in [0.717, 1.165) is 50.8 Å². The third kappa shape index (κ3) is 3.91. The van der Waals surface area contributed by atoms with Gasteiger partial charge in [0.1, 0.15) is 11.3 Å². The predicted molar refractivity (Wildman–Crippen MR) is 118 cm³/mol. The van der Waals surface area contributed by atoms with E-state index in [4.69, 9.17) is 0 Å².